The molecule has 0 unspecified atom stereocenters. The smallest absolute Gasteiger partial charge is 0.243 e. The van der Waals surface area contributed by atoms with Gasteiger partial charge in [0.15, 0.2) is 14.9 Å². The summed E-state index contributed by atoms with van der Waals surface area (Å²) >= 11 is 3.33. The van der Waals surface area contributed by atoms with E-state index in [1.165, 1.54) is 12.3 Å². The molecule has 2 aromatic rings. The lowest BCUT2D eigenvalue weighted by molar-refractivity contribution is -0.114. The van der Waals surface area contributed by atoms with Crippen molar-refractivity contribution < 1.29 is 13.2 Å². The van der Waals surface area contributed by atoms with Gasteiger partial charge in [-0.05, 0) is 57.2 Å². The Morgan fingerprint density at radius 2 is 1.68 bits per heavy atom. The van der Waals surface area contributed by atoms with E-state index in [1.807, 2.05) is 12.1 Å². The Hall–Kier alpha value is -1.93. The van der Waals surface area contributed by atoms with Gasteiger partial charge in [0, 0.05) is 10.2 Å². The van der Waals surface area contributed by atoms with Crippen molar-refractivity contribution in [3.05, 3.63) is 47.1 Å². The number of nitrogens with zero attached hydrogens (tertiary/aromatic N) is 1. The number of hydrogen-bond donors (Lipinski definition) is 2. The molecule has 1 aromatic carbocycles. The quantitative estimate of drug-likeness (QED) is 0.765. The average molecular weight is 426 g/mol. The second kappa shape index (κ2) is 7.53. The van der Waals surface area contributed by atoms with Gasteiger partial charge in [-0.2, -0.15) is 0 Å². The Balaban J connectivity index is 1.95. The molecule has 1 aromatic heterocycles. The van der Waals surface area contributed by atoms with Crippen molar-refractivity contribution in [1.82, 2.24) is 4.98 Å². The molecular weight excluding hydrogens is 406 g/mol. The van der Waals surface area contributed by atoms with E-state index >= 15 is 0 Å². The number of aromatic nitrogens is 1. The maximum Gasteiger partial charge on any atom is 0.243 e. The molecule has 2 N–H and O–H groups in total. The molecule has 134 valence electrons. The third-order valence-electron chi connectivity index (χ3n) is 3.40. The molecule has 0 saturated carbocycles. The summed E-state index contributed by atoms with van der Waals surface area (Å²) in [4.78, 5) is 15.9. The zero-order chi connectivity index (χ0) is 18.7. The van der Waals surface area contributed by atoms with Crippen LogP contribution in [0.5, 0.6) is 0 Å². The Bertz CT molecular complexity index is 842. The lowest BCUT2D eigenvalue weighted by Crippen LogP contribution is -2.28. The summed E-state index contributed by atoms with van der Waals surface area (Å²) in [7, 11) is -3.49. The maximum absolute atomic E-state index is 12.3. The van der Waals surface area contributed by atoms with E-state index in [2.05, 4.69) is 31.5 Å². The Kier molecular flexibility index (Phi) is 5.84. The molecule has 25 heavy (non-hydrogen) atoms. The normalized spacial score (nSPS) is 11.8. The molecular formula is C17H20BrN3O3S. The fourth-order valence-corrected chi connectivity index (χ4v) is 3.21. The highest BCUT2D eigenvalue weighted by atomic mass is 79.9. The zero-order valence-electron chi connectivity index (χ0n) is 14.2. The van der Waals surface area contributed by atoms with E-state index in [0.717, 1.165) is 4.47 Å². The van der Waals surface area contributed by atoms with Crippen LogP contribution >= 0.6 is 15.9 Å². The molecule has 6 nitrogen and oxygen atoms in total. The number of rotatable bonds is 5. The summed E-state index contributed by atoms with van der Waals surface area (Å²) in [5, 5.41) is 5.69. The molecule has 2 rings (SSSR count). The number of halogens is 1. The summed E-state index contributed by atoms with van der Waals surface area (Å²) in [6, 6.07) is 10.3. The van der Waals surface area contributed by atoms with Gasteiger partial charge in [-0.1, -0.05) is 15.9 Å². The van der Waals surface area contributed by atoms with Crippen LogP contribution in [0.15, 0.2) is 52.1 Å². The van der Waals surface area contributed by atoms with E-state index < -0.39 is 14.6 Å². The van der Waals surface area contributed by atoms with Crippen molar-refractivity contribution in [1.29, 1.82) is 0 Å². The Labute approximate surface area is 156 Å². The molecule has 0 radical (unpaired) electrons. The second-order valence-corrected chi connectivity index (χ2v) is 9.98. The minimum Gasteiger partial charge on any atom is -0.375 e. The molecule has 0 saturated heterocycles. The number of carbonyl (C=O) groups excluding carboxylic acids is 1. The van der Waals surface area contributed by atoms with Crippen LogP contribution < -0.4 is 10.6 Å². The number of pyridine rings is 1. The third-order valence-corrected chi connectivity index (χ3v) is 6.33. The van der Waals surface area contributed by atoms with Gasteiger partial charge in [0.2, 0.25) is 5.91 Å². The van der Waals surface area contributed by atoms with Gasteiger partial charge < -0.3 is 10.6 Å². The lowest BCUT2D eigenvalue weighted by atomic mass is 10.3. The van der Waals surface area contributed by atoms with Crippen LogP contribution in [0.25, 0.3) is 0 Å². The number of hydrogen-bond acceptors (Lipinski definition) is 5. The van der Waals surface area contributed by atoms with Crippen LogP contribution in [0.2, 0.25) is 0 Å². The molecule has 0 aliphatic carbocycles. The van der Waals surface area contributed by atoms with Gasteiger partial charge >= 0.3 is 0 Å². The van der Waals surface area contributed by atoms with Gasteiger partial charge in [-0.3, -0.25) is 4.79 Å². The van der Waals surface area contributed by atoms with Crippen molar-refractivity contribution in [2.24, 2.45) is 0 Å². The fourth-order valence-electron chi connectivity index (χ4n) is 1.88. The van der Waals surface area contributed by atoms with Crippen molar-refractivity contribution in [3.63, 3.8) is 0 Å². The van der Waals surface area contributed by atoms with Crippen LogP contribution in [0.4, 0.5) is 11.4 Å². The van der Waals surface area contributed by atoms with Crippen molar-refractivity contribution >= 4 is 43.0 Å². The number of sulfone groups is 1. The number of benzene rings is 1. The molecule has 1 heterocycles. The van der Waals surface area contributed by atoms with E-state index in [1.54, 1.807) is 39.0 Å². The minimum absolute atomic E-state index is 0.0184. The molecule has 0 spiro atoms. The molecule has 0 fully saturated rings. The van der Waals surface area contributed by atoms with E-state index in [9.17, 15) is 13.2 Å². The van der Waals surface area contributed by atoms with Gasteiger partial charge in [0.25, 0.3) is 0 Å². The highest BCUT2D eigenvalue weighted by Crippen LogP contribution is 2.23. The van der Waals surface area contributed by atoms with Crippen LogP contribution in [0, 0.1) is 0 Å². The van der Waals surface area contributed by atoms with E-state index in [-0.39, 0.29) is 17.5 Å². The monoisotopic (exact) mass is 425 g/mol. The number of carbonyl (C=O) groups is 1. The molecule has 0 aliphatic heterocycles. The molecule has 0 atom stereocenters. The molecule has 8 heteroatoms. The van der Waals surface area contributed by atoms with E-state index in [0.29, 0.717) is 11.4 Å². The predicted molar refractivity (Wildman–Crippen MR) is 102 cm³/mol. The van der Waals surface area contributed by atoms with Crippen LogP contribution in [0.1, 0.15) is 20.8 Å². The Morgan fingerprint density at radius 1 is 1.08 bits per heavy atom. The number of anilines is 2. The summed E-state index contributed by atoms with van der Waals surface area (Å²) < 4.78 is 24.6. The highest BCUT2D eigenvalue weighted by molar-refractivity contribution is 9.10. The van der Waals surface area contributed by atoms with Crippen molar-refractivity contribution in [2.45, 2.75) is 30.5 Å². The first-order valence-electron chi connectivity index (χ1n) is 7.59. The summed E-state index contributed by atoms with van der Waals surface area (Å²) in [5.74, 6) is -0.214. The Morgan fingerprint density at radius 3 is 2.20 bits per heavy atom. The summed E-state index contributed by atoms with van der Waals surface area (Å²) in [6.45, 7) is 4.93. The summed E-state index contributed by atoms with van der Waals surface area (Å²) in [6.07, 6.45) is 1.41. The lowest BCUT2D eigenvalue weighted by Gasteiger charge is -2.18. The predicted octanol–water partition coefficient (Wildman–Crippen LogP) is 3.47. The van der Waals surface area contributed by atoms with Crippen molar-refractivity contribution in [2.75, 3.05) is 17.2 Å². The van der Waals surface area contributed by atoms with Crippen LogP contribution in [0.3, 0.4) is 0 Å². The van der Waals surface area contributed by atoms with Crippen molar-refractivity contribution in [3.8, 4) is 0 Å². The molecule has 1 amide bonds. The summed E-state index contributed by atoms with van der Waals surface area (Å²) in [5.41, 5.74) is 1.26. The largest absolute Gasteiger partial charge is 0.375 e. The fraction of sp³-hybridized carbons (Fsp3) is 0.294. The topological polar surface area (TPSA) is 88.2 Å². The average Bonchev–Trinajstić information content (AvgIpc) is 2.54. The molecule has 0 bridgehead atoms. The van der Waals surface area contributed by atoms with Gasteiger partial charge in [-0.15, -0.1) is 0 Å². The molecule has 0 aliphatic rings. The minimum atomic E-state index is -3.49. The first kappa shape index (κ1) is 19.4. The maximum atomic E-state index is 12.3. The first-order chi connectivity index (χ1) is 11.6. The standard InChI is InChI=1S/C17H20BrN3O3S/c1-17(2,3)25(23,24)16-9-8-14(10-20-16)19-11-15(22)21-13-6-4-12(18)5-7-13/h4-10,19H,11H2,1-3H3,(H,21,22). The third kappa shape index (κ3) is 5.02. The second-order valence-electron chi connectivity index (χ2n) is 6.41. The van der Waals surface area contributed by atoms with E-state index in [4.69, 9.17) is 0 Å². The van der Waals surface area contributed by atoms with Gasteiger partial charge in [0.05, 0.1) is 23.2 Å². The first-order valence-corrected chi connectivity index (χ1v) is 9.87. The van der Waals surface area contributed by atoms with Gasteiger partial charge in [-0.25, -0.2) is 13.4 Å². The number of amides is 1. The highest BCUT2D eigenvalue weighted by Gasteiger charge is 2.31. The SMILES string of the molecule is CC(C)(C)S(=O)(=O)c1ccc(NCC(=O)Nc2ccc(Br)cc2)cn1. The zero-order valence-corrected chi connectivity index (χ0v) is 16.6. The van der Waals surface area contributed by atoms with Gasteiger partial charge in [0.1, 0.15) is 0 Å². The van der Waals surface area contributed by atoms with Crippen LogP contribution in [-0.2, 0) is 14.6 Å². The van der Waals surface area contributed by atoms with Crippen LogP contribution in [-0.4, -0.2) is 30.6 Å². The number of nitrogens with one attached hydrogen (secondary N) is 2.